The van der Waals surface area contributed by atoms with E-state index in [1.807, 2.05) is 33.9 Å². The van der Waals surface area contributed by atoms with Crippen LogP contribution in [0, 0.1) is 0 Å². The number of ether oxygens (including phenoxy) is 2. The van der Waals surface area contributed by atoms with E-state index < -0.39 is 0 Å². The monoisotopic (exact) mass is 342 g/mol. The summed E-state index contributed by atoms with van der Waals surface area (Å²) >= 11 is 0. The summed E-state index contributed by atoms with van der Waals surface area (Å²) in [6.07, 6.45) is 9.95. The van der Waals surface area contributed by atoms with Crippen LogP contribution in [0.25, 0.3) is 16.9 Å². The molecule has 8 nitrogen and oxygen atoms in total. The van der Waals surface area contributed by atoms with Crippen molar-refractivity contribution < 1.29 is 9.47 Å². The van der Waals surface area contributed by atoms with E-state index in [2.05, 4.69) is 15.0 Å². The Labute approximate surface area is 146 Å². The van der Waals surface area contributed by atoms with Crippen molar-refractivity contribution in [3.63, 3.8) is 0 Å². The van der Waals surface area contributed by atoms with Gasteiger partial charge in [-0.05, 0) is 12.8 Å². The summed E-state index contributed by atoms with van der Waals surface area (Å²) in [7, 11) is 3.33. The van der Waals surface area contributed by atoms with Crippen LogP contribution in [0.2, 0.25) is 0 Å². The maximum Gasteiger partial charge on any atom is 0.240 e. The molecule has 0 atom stereocenters. The summed E-state index contributed by atoms with van der Waals surface area (Å²) in [4.78, 5) is 11.6. The van der Waals surface area contributed by atoms with Gasteiger partial charge in [0.25, 0.3) is 0 Å². The zero-order valence-corrected chi connectivity index (χ0v) is 14.6. The molecule has 25 heavy (non-hydrogen) atoms. The highest BCUT2D eigenvalue weighted by Gasteiger charge is 2.23. The van der Waals surface area contributed by atoms with Crippen molar-refractivity contribution in [1.82, 2.24) is 24.1 Å². The van der Waals surface area contributed by atoms with Crippen LogP contribution in [0.5, 0.6) is 5.88 Å². The van der Waals surface area contributed by atoms with E-state index in [1.165, 1.54) is 12.8 Å². The number of methoxy groups -OCH3 is 2. The van der Waals surface area contributed by atoms with Gasteiger partial charge >= 0.3 is 0 Å². The molecule has 0 saturated carbocycles. The van der Waals surface area contributed by atoms with E-state index in [1.54, 1.807) is 14.2 Å². The lowest BCUT2D eigenvalue weighted by Gasteiger charge is -2.16. The number of fused-ring (bicyclic) bond motifs is 1. The molecule has 1 aliphatic rings. The molecule has 0 aliphatic carbocycles. The van der Waals surface area contributed by atoms with Crippen molar-refractivity contribution in [2.45, 2.75) is 19.4 Å². The Hall–Kier alpha value is -2.61. The van der Waals surface area contributed by atoms with E-state index in [0.29, 0.717) is 19.0 Å². The number of aromatic nitrogens is 5. The van der Waals surface area contributed by atoms with E-state index >= 15 is 0 Å². The molecule has 3 aromatic heterocycles. The Kier molecular flexibility index (Phi) is 4.27. The van der Waals surface area contributed by atoms with Crippen LogP contribution < -0.4 is 9.64 Å². The first kappa shape index (κ1) is 15.9. The SMILES string of the molecule is COCCn1cc(-c2c(OC)nc3c(N4CCCC4)nccn23)cn1. The summed E-state index contributed by atoms with van der Waals surface area (Å²) in [5.74, 6) is 1.50. The molecule has 4 heterocycles. The van der Waals surface area contributed by atoms with Crippen LogP contribution in [0.4, 0.5) is 5.82 Å². The molecular formula is C17H22N6O2. The Balaban J connectivity index is 1.80. The minimum atomic E-state index is 0.583. The molecule has 0 aromatic carbocycles. The molecule has 3 aromatic rings. The predicted molar refractivity (Wildman–Crippen MR) is 94.1 cm³/mol. The van der Waals surface area contributed by atoms with Crippen LogP contribution in [0.15, 0.2) is 24.8 Å². The molecule has 0 unspecified atom stereocenters. The molecule has 132 valence electrons. The van der Waals surface area contributed by atoms with Crippen molar-refractivity contribution >= 4 is 11.5 Å². The van der Waals surface area contributed by atoms with Gasteiger partial charge in [-0.25, -0.2) is 4.98 Å². The number of nitrogens with zero attached hydrogens (tertiary/aromatic N) is 6. The molecule has 1 fully saturated rings. The van der Waals surface area contributed by atoms with Crippen LogP contribution in [0.1, 0.15) is 12.8 Å². The first-order chi connectivity index (χ1) is 12.3. The fraction of sp³-hybridized carbons (Fsp3) is 0.471. The number of anilines is 1. The third-order valence-corrected chi connectivity index (χ3v) is 4.52. The summed E-state index contributed by atoms with van der Waals surface area (Å²) in [6, 6.07) is 0. The second-order valence-corrected chi connectivity index (χ2v) is 6.09. The van der Waals surface area contributed by atoms with Gasteiger partial charge in [-0.3, -0.25) is 9.08 Å². The fourth-order valence-corrected chi connectivity index (χ4v) is 3.29. The maximum atomic E-state index is 5.55. The smallest absolute Gasteiger partial charge is 0.240 e. The third-order valence-electron chi connectivity index (χ3n) is 4.52. The van der Waals surface area contributed by atoms with Gasteiger partial charge in [-0.15, -0.1) is 0 Å². The molecule has 1 aliphatic heterocycles. The minimum Gasteiger partial charge on any atom is -0.479 e. The lowest BCUT2D eigenvalue weighted by atomic mass is 10.2. The highest BCUT2D eigenvalue weighted by atomic mass is 16.5. The first-order valence-corrected chi connectivity index (χ1v) is 8.49. The summed E-state index contributed by atoms with van der Waals surface area (Å²) in [5, 5.41) is 4.41. The van der Waals surface area contributed by atoms with Gasteiger partial charge < -0.3 is 14.4 Å². The van der Waals surface area contributed by atoms with Gasteiger partial charge in [-0.1, -0.05) is 0 Å². The highest BCUT2D eigenvalue weighted by molar-refractivity contribution is 5.75. The molecule has 8 heteroatoms. The average Bonchev–Trinajstić information content (AvgIpc) is 3.37. The normalized spacial score (nSPS) is 14.6. The molecule has 0 spiro atoms. The van der Waals surface area contributed by atoms with Crippen molar-refractivity contribution in [3.8, 4) is 17.1 Å². The Morgan fingerprint density at radius 1 is 1.20 bits per heavy atom. The molecule has 4 rings (SSSR count). The topological polar surface area (TPSA) is 69.7 Å². The zero-order chi connectivity index (χ0) is 17.2. The average molecular weight is 342 g/mol. The fourth-order valence-electron chi connectivity index (χ4n) is 3.29. The molecule has 1 saturated heterocycles. The van der Waals surface area contributed by atoms with E-state index in [9.17, 15) is 0 Å². The van der Waals surface area contributed by atoms with Crippen molar-refractivity contribution in [3.05, 3.63) is 24.8 Å². The van der Waals surface area contributed by atoms with E-state index in [-0.39, 0.29) is 0 Å². The largest absolute Gasteiger partial charge is 0.479 e. The van der Waals surface area contributed by atoms with Gasteiger partial charge in [0.05, 0.1) is 26.5 Å². The van der Waals surface area contributed by atoms with Gasteiger partial charge in [-0.2, -0.15) is 10.1 Å². The Morgan fingerprint density at radius 2 is 2.04 bits per heavy atom. The van der Waals surface area contributed by atoms with Crippen LogP contribution in [0.3, 0.4) is 0 Å². The molecule has 0 amide bonds. The molecule has 0 N–H and O–H groups in total. The van der Waals surface area contributed by atoms with Gasteiger partial charge in [0.1, 0.15) is 5.69 Å². The predicted octanol–water partition coefficient (Wildman–Crippen LogP) is 1.85. The summed E-state index contributed by atoms with van der Waals surface area (Å²) < 4.78 is 14.6. The second kappa shape index (κ2) is 6.72. The zero-order valence-electron chi connectivity index (χ0n) is 14.6. The Bertz CT molecular complexity index is 865. The van der Waals surface area contributed by atoms with Crippen molar-refractivity contribution in [1.29, 1.82) is 0 Å². The number of hydrogen-bond donors (Lipinski definition) is 0. The Morgan fingerprint density at radius 3 is 2.80 bits per heavy atom. The number of rotatable bonds is 6. The first-order valence-electron chi connectivity index (χ1n) is 8.49. The van der Waals surface area contributed by atoms with Gasteiger partial charge in [0.15, 0.2) is 11.5 Å². The van der Waals surface area contributed by atoms with Crippen LogP contribution in [-0.2, 0) is 11.3 Å². The van der Waals surface area contributed by atoms with Crippen molar-refractivity contribution in [2.24, 2.45) is 0 Å². The summed E-state index contributed by atoms with van der Waals surface area (Å²) in [5.41, 5.74) is 2.67. The molecular weight excluding hydrogens is 320 g/mol. The van der Waals surface area contributed by atoms with Gasteiger partial charge in [0, 0.05) is 44.4 Å². The van der Waals surface area contributed by atoms with E-state index in [0.717, 1.165) is 35.8 Å². The number of hydrogen-bond acceptors (Lipinski definition) is 6. The van der Waals surface area contributed by atoms with Crippen molar-refractivity contribution in [2.75, 3.05) is 38.8 Å². The molecule has 0 radical (unpaired) electrons. The lowest BCUT2D eigenvalue weighted by Crippen LogP contribution is -2.19. The summed E-state index contributed by atoms with van der Waals surface area (Å²) in [6.45, 7) is 3.36. The maximum absolute atomic E-state index is 5.55. The van der Waals surface area contributed by atoms with Crippen LogP contribution >= 0.6 is 0 Å². The highest BCUT2D eigenvalue weighted by Crippen LogP contribution is 2.33. The second-order valence-electron chi connectivity index (χ2n) is 6.09. The minimum absolute atomic E-state index is 0.583. The third kappa shape index (κ3) is 2.82. The van der Waals surface area contributed by atoms with Crippen LogP contribution in [-0.4, -0.2) is 58.1 Å². The van der Waals surface area contributed by atoms with Gasteiger partial charge in [0.2, 0.25) is 5.88 Å². The van der Waals surface area contributed by atoms with E-state index in [4.69, 9.17) is 14.5 Å². The lowest BCUT2D eigenvalue weighted by molar-refractivity contribution is 0.183. The quantitative estimate of drug-likeness (QED) is 0.681. The number of imidazole rings is 1. The molecule has 0 bridgehead atoms. The standard InChI is InChI=1S/C17H22N6O2/c1-24-10-9-22-12-13(11-19-22)14-17(25-2)20-16-15(18-5-8-23(14)16)21-6-3-4-7-21/h5,8,11-12H,3-4,6-7,9-10H2,1-2H3.